The van der Waals surface area contributed by atoms with Crippen LogP contribution in [-0.4, -0.2) is 83.3 Å². The Morgan fingerprint density at radius 1 is 1.26 bits per heavy atom. The van der Waals surface area contributed by atoms with Gasteiger partial charge < -0.3 is 10.2 Å². The van der Waals surface area contributed by atoms with Crippen molar-refractivity contribution in [3.05, 3.63) is 28.8 Å². The number of piperazine rings is 1. The largest absolute Gasteiger partial charge is 0.344 e. The van der Waals surface area contributed by atoms with E-state index in [2.05, 4.69) is 41.1 Å². The average Bonchev–Trinajstić information content (AvgIpc) is 2.65. The Hall–Kier alpha value is -0.850. The summed E-state index contributed by atoms with van der Waals surface area (Å²) in [7, 11) is 2.74. The van der Waals surface area contributed by atoms with E-state index in [-0.39, 0.29) is 22.2 Å². The summed E-state index contributed by atoms with van der Waals surface area (Å²) in [5.74, 6) is -0.874. The lowest BCUT2D eigenvalue weighted by molar-refractivity contribution is 0.0663. The molecule has 9 heteroatoms. The SMILES string of the molecule is CCN1CCN(CC2(NC(=O)c3ncc(F)cc3Cl)CCN(P)CC2)CC1. The lowest BCUT2D eigenvalue weighted by Gasteiger charge is -2.45. The number of hydrogen-bond donors (Lipinski definition) is 1. The Morgan fingerprint density at radius 3 is 2.48 bits per heavy atom. The van der Waals surface area contributed by atoms with Crippen molar-refractivity contribution in [1.29, 1.82) is 0 Å². The highest BCUT2D eigenvalue weighted by Gasteiger charge is 2.38. The summed E-state index contributed by atoms with van der Waals surface area (Å²) in [5, 5.41) is 3.25. The van der Waals surface area contributed by atoms with Gasteiger partial charge in [-0.3, -0.25) is 14.4 Å². The number of pyridine rings is 1. The van der Waals surface area contributed by atoms with Gasteiger partial charge in [-0.05, 0) is 25.5 Å². The molecule has 27 heavy (non-hydrogen) atoms. The first-order valence-electron chi connectivity index (χ1n) is 9.49. The number of amides is 1. The molecule has 0 aliphatic carbocycles. The molecule has 0 bridgehead atoms. The zero-order valence-electron chi connectivity index (χ0n) is 15.8. The summed E-state index contributed by atoms with van der Waals surface area (Å²) >= 11 is 6.04. The van der Waals surface area contributed by atoms with E-state index < -0.39 is 5.82 Å². The van der Waals surface area contributed by atoms with Gasteiger partial charge in [0.2, 0.25) is 0 Å². The zero-order chi connectivity index (χ0) is 19.4. The summed E-state index contributed by atoms with van der Waals surface area (Å²) < 4.78 is 15.5. The van der Waals surface area contributed by atoms with E-state index in [1.165, 1.54) is 0 Å². The Labute approximate surface area is 167 Å². The number of carbonyl (C=O) groups is 1. The van der Waals surface area contributed by atoms with Crippen LogP contribution in [0.15, 0.2) is 12.3 Å². The van der Waals surface area contributed by atoms with E-state index in [0.29, 0.717) is 0 Å². The van der Waals surface area contributed by atoms with Gasteiger partial charge in [0, 0.05) is 45.8 Å². The molecule has 1 aromatic heterocycles. The van der Waals surface area contributed by atoms with Crippen LogP contribution in [0.1, 0.15) is 30.3 Å². The van der Waals surface area contributed by atoms with Gasteiger partial charge in [-0.15, -0.1) is 0 Å². The van der Waals surface area contributed by atoms with Crippen LogP contribution in [0.3, 0.4) is 0 Å². The van der Waals surface area contributed by atoms with Gasteiger partial charge in [0.05, 0.1) is 16.8 Å². The summed E-state index contributed by atoms with van der Waals surface area (Å²) in [6, 6.07) is 1.13. The van der Waals surface area contributed by atoms with Crippen molar-refractivity contribution in [1.82, 2.24) is 24.8 Å². The fourth-order valence-electron chi connectivity index (χ4n) is 3.85. The molecular formula is C18H28ClFN5OP. The minimum Gasteiger partial charge on any atom is -0.344 e. The first kappa shape index (κ1) is 20.9. The molecule has 1 unspecified atom stereocenters. The van der Waals surface area contributed by atoms with E-state index in [4.69, 9.17) is 11.6 Å². The number of rotatable bonds is 5. The normalized spacial score (nSPS) is 21.9. The first-order chi connectivity index (χ1) is 12.9. The first-order valence-corrected chi connectivity index (χ1v) is 10.4. The van der Waals surface area contributed by atoms with Gasteiger partial charge in [0.15, 0.2) is 0 Å². The van der Waals surface area contributed by atoms with Gasteiger partial charge in [-0.25, -0.2) is 9.37 Å². The molecule has 3 rings (SSSR count). The van der Waals surface area contributed by atoms with Crippen molar-refractivity contribution < 1.29 is 9.18 Å². The fraction of sp³-hybridized carbons (Fsp3) is 0.667. The zero-order valence-corrected chi connectivity index (χ0v) is 17.7. The average molecular weight is 416 g/mol. The van der Waals surface area contributed by atoms with Crippen LogP contribution in [0.4, 0.5) is 4.39 Å². The monoisotopic (exact) mass is 415 g/mol. The predicted octanol–water partition coefficient (Wildman–Crippen LogP) is 1.87. The van der Waals surface area contributed by atoms with Crippen molar-refractivity contribution in [3.63, 3.8) is 0 Å². The minimum absolute atomic E-state index is 0.0442. The van der Waals surface area contributed by atoms with Crippen LogP contribution >= 0.6 is 21.0 Å². The van der Waals surface area contributed by atoms with Crippen molar-refractivity contribution in [2.24, 2.45) is 0 Å². The second-order valence-corrected chi connectivity index (χ2v) is 8.60. The van der Waals surface area contributed by atoms with Crippen molar-refractivity contribution in [2.75, 3.05) is 52.4 Å². The summed E-state index contributed by atoms with van der Waals surface area (Å²) in [4.78, 5) is 21.6. The highest BCUT2D eigenvalue weighted by molar-refractivity contribution is 7.13. The third kappa shape index (κ3) is 5.36. The highest BCUT2D eigenvalue weighted by Crippen LogP contribution is 2.27. The standard InChI is InChI=1S/C18H28ClFN5OP/c1-2-23-7-9-24(10-8-23)13-18(3-5-25(27)6-4-18)22-17(26)16-15(19)11-14(20)12-21-16/h11-12H,2-10,13,27H2,1H3,(H,22,26). The Bertz CT molecular complexity index is 663. The van der Waals surface area contributed by atoms with Gasteiger partial charge in [-0.1, -0.05) is 27.9 Å². The number of aromatic nitrogens is 1. The van der Waals surface area contributed by atoms with Crippen LogP contribution in [0.5, 0.6) is 0 Å². The Kier molecular flexibility index (Phi) is 7.03. The third-order valence-corrected chi connectivity index (χ3v) is 6.40. The molecule has 2 aliphatic rings. The maximum absolute atomic E-state index is 13.3. The lowest BCUT2D eigenvalue weighted by Crippen LogP contribution is -2.61. The van der Waals surface area contributed by atoms with Gasteiger partial charge in [-0.2, -0.15) is 0 Å². The van der Waals surface area contributed by atoms with Crippen LogP contribution in [0, 0.1) is 5.82 Å². The molecule has 150 valence electrons. The van der Waals surface area contributed by atoms with Gasteiger partial charge in [0.25, 0.3) is 5.91 Å². The van der Waals surface area contributed by atoms with Crippen LogP contribution in [0.25, 0.3) is 0 Å². The number of nitrogens with zero attached hydrogens (tertiary/aromatic N) is 4. The quantitative estimate of drug-likeness (QED) is 0.744. The van der Waals surface area contributed by atoms with E-state index in [0.717, 1.165) is 77.5 Å². The molecule has 1 atom stereocenters. The maximum Gasteiger partial charge on any atom is 0.271 e. The van der Waals surface area contributed by atoms with Crippen molar-refractivity contribution in [3.8, 4) is 0 Å². The lowest BCUT2D eigenvalue weighted by atomic mass is 9.87. The van der Waals surface area contributed by atoms with E-state index >= 15 is 0 Å². The van der Waals surface area contributed by atoms with Crippen LogP contribution in [-0.2, 0) is 0 Å². The van der Waals surface area contributed by atoms with E-state index in [1.54, 1.807) is 0 Å². The third-order valence-electron chi connectivity index (χ3n) is 5.60. The molecule has 1 N–H and O–H groups in total. The Balaban J connectivity index is 1.72. The number of halogens is 2. The Morgan fingerprint density at radius 2 is 1.89 bits per heavy atom. The smallest absolute Gasteiger partial charge is 0.271 e. The molecule has 6 nitrogen and oxygen atoms in total. The van der Waals surface area contributed by atoms with Gasteiger partial charge in [0.1, 0.15) is 11.5 Å². The van der Waals surface area contributed by atoms with Gasteiger partial charge >= 0.3 is 0 Å². The fourth-order valence-corrected chi connectivity index (χ4v) is 4.35. The molecule has 0 radical (unpaired) electrons. The number of likely N-dealkylation sites (N-methyl/N-ethyl adjacent to an activating group) is 1. The molecule has 0 aromatic carbocycles. The summed E-state index contributed by atoms with van der Waals surface area (Å²) in [6.07, 6.45) is 2.74. The second kappa shape index (κ2) is 9.10. The van der Waals surface area contributed by atoms with Crippen molar-refractivity contribution in [2.45, 2.75) is 25.3 Å². The van der Waals surface area contributed by atoms with Crippen molar-refractivity contribution >= 4 is 26.9 Å². The van der Waals surface area contributed by atoms with Crippen LogP contribution < -0.4 is 5.32 Å². The molecular weight excluding hydrogens is 388 g/mol. The van der Waals surface area contributed by atoms with E-state index in [9.17, 15) is 9.18 Å². The predicted molar refractivity (Wildman–Crippen MR) is 108 cm³/mol. The second-order valence-electron chi connectivity index (χ2n) is 7.46. The molecule has 3 heterocycles. The molecule has 2 saturated heterocycles. The molecule has 2 fully saturated rings. The summed E-state index contributed by atoms with van der Waals surface area (Å²) in [5.41, 5.74) is -0.237. The van der Waals surface area contributed by atoms with E-state index in [1.807, 2.05) is 0 Å². The number of hydrogen-bond acceptors (Lipinski definition) is 5. The molecule has 0 spiro atoms. The number of nitrogens with one attached hydrogen (secondary N) is 1. The molecule has 0 saturated carbocycles. The number of carbonyl (C=O) groups excluding carboxylic acids is 1. The maximum atomic E-state index is 13.3. The van der Waals surface area contributed by atoms with Crippen LogP contribution in [0.2, 0.25) is 5.02 Å². The highest BCUT2D eigenvalue weighted by atomic mass is 35.5. The summed E-state index contributed by atoms with van der Waals surface area (Å²) in [6.45, 7) is 9.99. The molecule has 1 amide bonds. The minimum atomic E-state index is -0.545. The molecule has 1 aromatic rings. The molecule has 2 aliphatic heterocycles. The number of piperidine rings is 1. The topological polar surface area (TPSA) is 51.7 Å².